The summed E-state index contributed by atoms with van der Waals surface area (Å²) >= 11 is 3.50. The lowest BCUT2D eigenvalue weighted by atomic mass is 10.0. The largest absolute Gasteiger partial charge is 0.339 e. The molecule has 2 heterocycles. The molecule has 2 aromatic carbocycles. The predicted molar refractivity (Wildman–Crippen MR) is 91.5 cm³/mol. The molecule has 3 heteroatoms. The van der Waals surface area contributed by atoms with E-state index in [2.05, 4.69) is 74.4 Å². The molecule has 0 spiro atoms. The van der Waals surface area contributed by atoms with Crippen LogP contribution in [0.5, 0.6) is 0 Å². The molecule has 0 saturated heterocycles. The zero-order valence-corrected chi connectivity index (χ0v) is 13.1. The van der Waals surface area contributed by atoms with Gasteiger partial charge < -0.3 is 4.98 Å². The molecule has 4 aromatic rings. The lowest BCUT2D eigenvalue weighted by Crippen LogP contribution is -1.87. The van der Waals surface area contributed by atoms with Gasteiger partial charge >= 0.3 is 0 Å². The highest BCUT2D eigenvalue weighted by Gasteiger charge is 2.12. The predicted octanol–water partition coefficient (Wildman–Crippen LogP) is 5.45. The number of nitrogens with one attached hydrogen (secondary N) is 1. The molecule has 0 unspecified atom stereocenters. The van der Waals surface area contributed by atoms with Gasteiger partial charge in [0.05, 0.1) is 0 Å². The van der Waals surface area contributed by atoms with E-state index in [-0.39, 0.29) is 0 Å². The summed E-state index contributed by atoms with van der Waals surface area (Å²) in [5.74, 6) is 0. The van der Waals surface area contributed by atoms with Gasteiger partial charge in [-0.15, -0.1) is 0 Å². The van der Waals surface area contributed by atoms with Gasteiger partial charge in [0.15, 0.2) is 0 Å². The van der Waals surface area contributed by atoms with Crippen molar-refractivity contribution < 1.29 is 0 Å². The van der Waals surface area contributed by atoms with Gasteiger partial charge in [-0.05, 0) is 42.3 Å². The van der Waals surface area contributed by atoms with Crippen molar-refractivity contribution in [2.24, 2.45) is 0 Å². The van der Waals surface area contributed by atoms with E-state index >= 15 is 0 Å². The number of hydrogen-bond acceptors (Lipinski definition) is 1. The van der Waals surface area contributed by atoms with E-state index in [0.29, 0.717) is 0 Å². The number of fused-ring (bicyclic) bond motifs is 3. The normalized spacial score (nSPS) is 11.3. The number of pyridine rings is 1. The average Bonchev–Trinajstić information content (AvgIpc) is 2.85. The molecule has 0 bridgehead atoms. The highest BCUT2D eigenvalue weighted by atomic mass is 79.9. The fourth-order valence-electron chi connectivity index (χ4n) is 2.83. The lowest BCUT2D eigenvalue weighted by Gasteiger charge is -2.06. The molecule has 2 aromatic heterocycles. The van der Waals surface area contributed by atoms with E-state index in [1.54, 1.807) is 0 Å². The first kappa shape index (κ1) is 12.6. The molecule has 4 rings (SSSR count). The van der Waals surface area contributed by atoms with Gasteiger partial charge in [-0.3, -0.25) is 0 Å². The van der Waals surface area contributed by atoms with Crippen LogP contribution in [-0.2, 0) is 0 Å². The van der Waals surface area contributed by atoms with Crippen LogP contribution >= 0.6 is 15.9 Å². The van der Waals surface area contributed by atoms with Crippen molar-refractivity contribution in [3.05, 3.63) is 64.8 Å². The standard InChI is InChI=1S/C18H13BrN2/c1-11-10-15(12-6-8-13(19)9-7-12)17-14-4-2-3-5-16(14)21-18(17)20-11/h2-10H,1H3,(H,20,21). The molecule has 0 fully saturated rings. The number of halogens is 1. The maximum absolute atomic E-state index is 4.65. The zero-order chi connectivity index (χ0) is 14.4. The van der Waals surface area contributed by atoms with E-state index in [1.165, 1.54) is 21.9 Å². The topological polar surface area (TPSA) is 28.7 Å². The molecule has 1 N–H and O–H groups in total. The van der Waals surface area contributed by atoms with Crippen molar-refractivity contribution in [2.75, 3.05) is 0 Å². The Morgan fingerprint density at radius 2 is 1.76 bits per heavy atom. The first-order valence-corrected chi connectivity index (χ1v) is 7.66. The minimum Gasteiger partial charge on any atom is -0.339 e. The van der Waals surface area contributed by atoms with Crippen LogP contribution < -0.4 is 0 Å². The van der Waals surface area contributed by atoms with Crippen LogP contribution in [0.3, 0.4) is 0 Å². The third kappa shape index (κ3) is 2.05. The summed E-state index contributed by atoms with van der Waals surface area (Å²) in [6.07, 6.45) is 0. The zero-order valence-electron chi connectivity index (χ0n) is 11.5. The molecule has 0 amide bonds. The van der Waals surface area contributed by atoms with Crippen LogP contribution in [0.25, 0.3) is 33.1 Å². The third-order valence-corrected chi connectivity index (χ3v) is 4.28. The third-order valence-electron chi connectivity index (χ3n) is 3.75. The van der Waals surface area contributed by atoms with Crippen LogP contribution in [-0.4, -0.2) is 9.97 Å². The number of H-pyrrole nitrogens is 1. The molecule has 0 aliphatic carbocycles. The number of benzene rings is 2. The Labute approximate surface area is 131 Å². The van der Waals surface area contributed by atoms with E-state index in [4.69, 9.17) is 0 Å². The summed E-state index contributed by atoms with van der Waals surface area (Å²) < 4.78 is 1.09. The molecule has 0 saturated carbocycles. The number of aromatic nitrogens is 2. The quantitative estimate of drug-likeness (QED) is 0.491. The van der Waals surface area contributed by atoms with Gasteiger partial charge in [-0.2, -0.15) is 0 Å². The van der Waals surface area contributed by atoms with Gasteiger partial charge in [-0.25, -0.2) is 4.98 Å². The molecule has 102 valence electrons. The van der Waals surface area contributed by atoms with Crippen molar-refractivity contribution in [1.29, 1.82) is 0 Å². The highest BCUT2D eigenvalue weighted by Crippen LogP contribution is 2.34. The van der Waals surface area contributed by atoms with E-state index in [9.17, 15) is 0 Å². The fourth-order valence-corrected chi connectivity index (χ4v) is 3.10. The van der Waals surface area contributed by atoms with Crippen LogP contribution in [0.15, 0.2) is 59.1 Å². The minimum atomic E-state index is 0.953. The first-order chi connectivity index (χ1) is 10.2. The number of para-hydroxylation sites is 1. The summed E-state index contributed by atoms with van der Waals surface area (Å²) in [5, 5.41) is 2.41. The summed E-state index contributed by atoms with van der Waals surface area (Å²) in [5.41, 5.74) is 5.53. The van der Waals surface area contributed by atoms with Crippen LogP contribution in [0, 0.1) is 6.92 Å². The second kappa shape index (κ2) is 4.71. The summed E-state index contributed by atoms with van der Waals surface area (Å²) in [6, 6.07) is 18.9. The molecule has 0 radical (unpaired) electrons. The van der Waals surface area contributed by atoms with Gasteiger partial charge in [0, 0.05) is 26.5 Å². The molecule has 2 nitrogen and oxygen atoms in total. The van der Waals surface area contributed by atoms with Gasteiger partial charge in [0.25, 0.3) is 0 Å². The van der Waals surface area contributed by atoms with Crippen molar-refractivity contribution >= 4 is 37.9 Å². The first-order valence-electron chi connectivity index (χ1n) is 6.86. The smallest absolute Gasteiger partial charge is 0.139 e. The van der Waals surface area contributed by atoms with Crippen molar-refractivity contribution in [3.8, 4) is 11.1 Å². The fraction of sp³-hybridized carbons (Fsp3) is 0.0556. The second-order valence-electron chi connectivity index (χ2n) is 5.21. The Bertz CT molecular complexity index is 952. The van der Waals surface area contributed by atoms with Crippen molar-refractivity contribution in [2.45, 2.75) is 6.92 Å². The summed E-state index contributed by atoms with van der Waals surface area (Å²) in [6.45, 7) is 2.04. The monoisotopic (exact) mass is 336 g/mol. The Morgan fingerprint density at radius 3 is 2.57 bits per heavy atom. The second-order valence-corrected chi connectivity index (χ2v) is 6.13. The number of aromatic amines is 1. The van der Waals surface area contributed by atoms with Gasteiger partial charge in [-0.1, -0.05) is 46.3 Å². The van der Waals surface area contributed by atoms with Crippen LogP contribution in [0.4, 0.5) is 0 Å². The summed E-state index contributed by atoms with van der Waals surface area (Å²) in [7, 11) is 0. The Balaban J connectivity index is 2.13. The van der Waals surface area contributed by atoms with E-state index in [0.717, 1.165) is 21.3 Å². The maximum atomic E-state index is 4.65. The van der Waals surface area contributed by atoms with E-state index in [1.807, 2.05) is 13.0 Å². The number of aryl methyl sites for hydroxylation is 1. The Kier molecular flexibility index (Phi) is 2.82. The molecule has 21 heavy (non-hydrogen) atoms. The molecular weight excluding hydrogens is 324 g/mol. The van der Waals surface area contributed by atoms with Crippen molar-refractivity contribution in [3.63, 3.8) is 0 Å². The Morgan fingerprint density at radius 1 is 1.00 bits per heavy atom. The molecular formula is C18H13BrN2. The SMILES string of the molecule is Cc1cc(-c2ccc(Br)cc2)c2c(n1)[nH]c1ccccc12. The summed E-state index contributed by atoms with van der Waals surface area (Å²) in [4.78, 5) is 8.07. The van der Waals surface area contributed by atoms with Crippen LogP contribution in [0.2, 0.25) is 0 Å². The average molecular weight is 337 g/mol. The van der Waals surface area contributed by atoms with Gasteiger partial charge in [0.1, 0.15) is 5.65 Å². The van der Waals surface area contributed by atoms with Crippen molar-refractivity contribution in [1.82, 2.24) is 9.97 Å². The van der Waals surface area contributed by atoms with Gasteiger partial charge in [0.2, 0.25) is 0 Å². The van der Waals surface area contributed by atoms with Crippen LogP contribution in [0.1, 0.15) is 5.69 Å². The number of nitrogens with zero attached hydrogens (tertiary/aromatic N) is 1. The number of hydrogen-bond donors (Lipinski definition) is 1. The maximum Gasteiger partial charge on any atom is 0.139 e. The van der Waals surface area contributed by atoms with E-state index < -0.39 is 0 Å². The minimum absolute atomic E-state index is 0.953. The molecule has 0 aliphatic rings. The molecule has 0 atom stereocenters. The molecule has 0 aliphatic heterocycles. The number of rotatable bonds is 1. The lowest BCUT2D eigenvalue weighted by molar-refractivity contribution is 1.23. The Hall–Kier alpha value is -2.13. The highest BCUT2D eigenvalue weighted by molar-refractivity contribution is 9.10.